The van der Waals surface area contributed by atoms with Gasteiger partial charge in [0, 0.05) is 5.92 Å². The standard InChI is InChI=1S/C21H22N4O3/c1-2-28-18-11-7-6-10-17(18)22-19(26)14-24-21(27)25(16-8-4-3-5-9-16)20(23-24)15-12-13-15/h3-11,15H,2,12-14H2,1H3,(H,22,26). The third-order valence-electron chi connectivity index (χ3n) is 4.58. The van der Waals surface area contributed by atoms with Crippen LogP contribution in [0.2, 0.25) is 0 Å². The molecule has 4 rings (SSSR count). The summed E-state index contributed by atoms with van der Waals surface area (Å²) in [7, 11) is 0. The van der Waals surface area contributed by atoms with Crippen LogP contribution in [0.1, 0.15) is 31.5 Å². The summed E-state index contributed by atoms with van der Waals surface area (Å²) in [5.41, 5.74) is 1.04. The maximum absolute atomic E-state index is 12.9. The molecule has 28 heavy (non-hydrogen) atoms. The second-order valence-electron chi connectivity index (χ2n) is 6.72. The lowest BCUT2D eigenvalue weighted by Crippen LogP contribution is -2.29. The molecule has 0 saturated heterocycles. The topological polar surface area (TPSA) is 78.2 Å². The Bertz CT molecular complexity index is 1040. The molecule has 144 valence electrons. The van der Waals surface area contributed by atoms with E-state index in [0.717, 1.165) is 24.4 Å². The van der Waals surface area contributed by atoms with Gasteiger partial charge in [0.2, 0.25) is 5.91 Å². The van der Waals surface area contributed by atoms with Gasteiger partial charge in [0.25, 0.3) is 0 Å². The summed E-state index contributed by atoms with van der Waals surface area (Å²) in [6.45, 7) is 2.23. The molecule has 1 aliphatic carbocycles. The van der Waals surface area contributed by atoms with Crippen LogP contribution in [-0.4, -0.2) is 26.9 Å². The average molecular weight is 378 g/mol. The van der Waals surface area contributed by atoms with Crippen LogP contribution < -0.4 is 15.7 Å². The highest BCUT2D eigenvalue weighted by Crippen LogP contribution is 2.39. The molecule has 7 heteroatoms. The molecule has 7 nitrogen and oxygen atoms in total. The molecule has 1 N–H and O–H groups in total. The molecular weight excluding hydrogens is 356 g/mol. The summed E-state index contributed by atoms with van der Waals surface area (Å²) in [6, 6.07) is 16.6. The molecule has 1 amide bonds. The van der Waals surface area contributed by atoms with Crippen molar-refractivity contribution >= 4 is 11.6 Å². The minimum Gasteiger partial charge on any atom is -0.492 e. The quantitative estimate of drug-likeness (QED) is 0.686. The first-order valence-electron chi connectivity index (χ1n) is 9.44. The zero-order valence-corrected chi connectivity index (χ0v) is 15.7. The fraction of sp³-hybridized carbons (Fsp3) is 0.286. The van der Waals surface area contributed by atoms with E-state index in [2.05, 4.69) is 10.4 Å². The summed E-state index contributed by atoms with van der Waals surface area (Å²) < 4.78 is 8.38. The van der Waals surface area contributed by atoms with Gasteiger partial charge in [-0.25, -0.2) is 14.0 Å². The van der Waals surface area contributed by atoms with E-state index in [1.54, 1.807) is 16.7 Å². The van der Waals surface area contributed by atoms with E-state index < -0.39 is 0 Å². The maximum atomic E-state index is 12.9. The lowest BCUT2D eigenvalue weighted by Gasteiger charge is -2.10. The normalized spacial score (nSPS) is 13.3. The molecule has 1 heterocycles. The van der Waals surface area contributed by atoms with Gasteiger partial charge in [-0.2, -0.15) is 5.10 Å². The number of amides is 1. The van der Waals surface area contributed by atoms with Crippen LogP contribution >= 0.6 is 0 Å². The number of nitrogens with zero attached hydrogens (tertiary/aromatic N) is 3. The Morgan fingerprint density at radius 2 is 1.86 bits per heavy atom. The van der Waals surface area contributed by atoms with E-state index >= 15 is 0 Å². The number of hydrogen-bond acceptors (Lipinski definition) is 4. The summed E-state index contributed by atoms with van der Waals surface area (Å²) in [6.07, 6.45) is 2.02. The number of hydrogen-bond donors (Lipinski definition) is 1. The highest BCUT2D eigenvalue weighted by molar-refractivity contribution is 5.92. The largest absolute Gasteiger partial charge is 0.492 e. The number of carbonyl (C=O) groups excluding carboxylic acids is 1. The minimum atomic E-state index is -0.325. The van der Waals surface area contributed by atoms with Crippen molar-refractivity contribution in [3.05, 3.63) is 70.9 Å². The van der Waals surface area contributed by atoms with E-state index in [-0.39, 0.29) is 24.1 Å². The zero-order valence-electron chi connectivity index (χ0n) is 15.7. The van der Waals surface area contributed by atoms with Crippen molar-refractivity contribution in [3.63, 3.8) is 0 Å². The average Bonchev–Trinajstić information content (AvgIpc) is 3.49. The molecule has 0 aliphatic heterocycles. The van der Waals surface area contributed by atoms with Gasteiger partial charge in [-0.1, -0.05) is 30.3 Å². The Morgan fingerprint density at radius 3 is 2.57 bits per heavy atom. The lowest BCUT2D eigenvalue weighted by molar-refractivity contribution is -0.117. The van der Waals surface area contributed by atoms with Crippen molar-refractivity contribution < 1.29 is 9.53 Å². The first-order valence-corrected chi connectivity index (χ1v) is 9.44. The third-order valence-corrected chi connectivity index (χ3v) is 4.58. The maximum Gasteiger partial charge on any atom is 0.351 e. The number of para-hydroxylation sites is 3. The monoisotopic (exact) mass is 378 g/mol. The molecule has 0 unspecified atom stereocenters. The molecule has 0 spiro atoms. The Hall–Kier alpha value is -3.35. The zero-order chi connectivity index (χ0) is 19.5. The molecule has 0 radical (unpaired) electrons. The molecule has 0 bridgehead atoms. The smallest absolute Gasteiger partial charge is 0.351 e. The van der Waals surface area contributed by atoms with E-state index in [1.165, 1.54) is 4.68 Å². The van der Waals surface area contributed by atoms with Crippen LogP contribution in [-0.2, 0) is 11.3 Å². The molecule has 1 fully saturated rings. The van der Waals surface area contributed by atoms with Gasteiger partial charge in [-0.05, 0) is 44.0 Å². The highest BCUT2D eigenvalue weighted by Gasteiger charge is 2.31. The molecule has 1 aromatic heterocycles. The molecular formula is C21H22N4O3. The number of benzene rings is 2. The Kier molecular flexibility index (Phi) is 4.97. The number of carbonyl (C=O) groups is 1. The molecule has 3 aromatic rings. The molecule has 1 saturated carbocycles. The van der Waals surface area contributed by atoms with Gasteiger partial charge in [-0.15, -0.1) is 0 Å². The van der Waals surface area contributed by atoms with Crippen LogP contribution in [0.3, 0.4) is 0 Å². The van der Waals surface area contributed by atoms with Gasteiger partial charge in [0.05, 0.1) is 18.0 Å². The summed E-state index contributed by atoms with van der Waals surface area (Å²) in [5.74, 6) is 1.27. The fourth-order valence-corrected chi connectivity index (χ4v) is 3.13. The van der Waals surface area contributed by atoms with E-state index in [4.69, 9.17) is 4.74 Å². The summed E-state index contributed by atoms with van der Waals surface area (Å²) in [4.78, 5) is 25.5. The minimum absolute atomic E-state index is 0.154. The Labute approximate surface area is 162 Å². The van der Waals surface area contributed by atoms with Crippen molar-refractivity contribution in [1.82, 2.24) is 14.3 Å². The van der Waals surface area contributed by atoms with E-state index in [0.29, 0.717) is 18.0 Å². The highest BCUT2D eigenvalue weighted by atomic mass is 16.5. The molecule has 1 aliphatic rings. The van der Waals surface area contributed by atoms with Gasteiger partial charge in [0.15, 0.2) is 0 Å². The second-order valence-corrected chi connectivity index (χ2v) is 6.72. The first kappa shape index (κ1) is 18.0. The summed E-state index contributed by atoms with van der Waals surface area (Å²) >= 11 is 0. The number of nitrogens with one attached hydrogen (secondary N) is 1. The van der Waals surface area contributed by atoms with Gasteiger partial charge >= 0.3 is 5.69 Å². The fourth-order valence-electron chi connectivity index (χ4n) is 3.13. The number of anilines is 1. The Balaban J connectivity index is 1.59. The van der Waals surface area contributed by atoms with Crippen LogP contribution in [0, 0.1) is 0 Å². The van der Waals surface area contributed by atoms with Crippen LogP contribution in [0.4, 0.5) is 5.69 Å². The molecule has 0 atom stereocenters. The van der Waals surface area contributed by atoms with E-state index in [9.17, 15) is 9.59 Å². The summed E-state index contributed by atoms with van der Waals surface area (Å²) in [5, 5.41) is 7.28. The van der Waals surface area contributed by atoms with Crippen LogP contribution in [0.5, 0.6) is 5.75 Å². The SMILES string of the molecule is CCOc1ccccc1NC(=O)Cn1nc(C2CC2)n(-c2ccccc2)c1=O. The van der Waals surface area contributed by atoms with Gasteiger partial charge in [0.1, 0.15) is 18.1 Å². The van der Waals surface area contributed by atoms with Crippen LogP contribution in [0.15, 0.2) is 59.4 Å². The predicted octanol–water partition coefficient (Wildman–Crippen LogP) is 2.95. The van der Waals surface area contributed by atoms with Crippen molar-refractivity contribution in [2.24, 2.45) is 0 Å². The number of ether oxygens (including phenoxy) is 1. The predicted molar refractivity (Wildman–Crippen MR) is 106 cm³/mol. The van der Waals surface area contributed by atoms with E-state index in [1.807, 2.05) is 49.4 Å². The first-order chi connectivity index (χ1) is 13.7. The van der Waals surface area contributed by atoms with Gasteiger partial charge < -0.3 is 10.1 Å². The lowest BCUT2D eigenvalue weighted by atomic mass is 10.3. The number of rotatable bonds is 7. The third kappa shape index (κ3) is 3.69. The van der Waals surface area contributed by atoms with Crippen molar-refractivity contribution in [1.29, 1.82) is 0 Å². The van der Waals surface area contributed by atoms with Crippen molar-refractivity contribution in [2.45, 2.75) is 32.2 Å². The number of aromatic nitrogens is 3. The second kappa shape index (κ2) is 7.72. The van der Waals surface area contributed by atoms with Crippen molar-refractivity contribution in [2.75, 3.05) is 11.9 Å². The van der Waals surface area contributed by atoms with Crippen LogP contribution in [0.25, 0.3) is 5.69 Å². The van der Waals surface area contributed by atoms with Crippen molar-refractivity contribution in [3.8, 4) is 11.4 Å². The Morgan fingerprint density at radius 1 is 1.14 bits per heavy atom. The van der Waals surface area contributed by atoms with Gasteiger partial charge in [-0.3, -0.25) is 4.79 Å². The molecule has 2 aromatic carbocycles.